The minimum absolute atomic E-state index is 0.104. The molecule has 3 N–H and O–H groups in total. The van der Waals surface area contributed by atoms with Gasteiger partial charge in [0.25, 0.3) is 0 Å². The SMILES string of the molecule is C=C(NC1=C(C)C(=O)NCC1)c1ccnc(-c2cc(/C(C)=N/OCc3ccc(C=O)cc3)ccc2F)c1.CC(F)C=O.CO.COC. The van der Waals surface area contributed by atoms with Crippen LogP contribution in [-0.2, 0) is 25.8 Å². The Labute approximate surface area is 274 Å². The van der Waals surface area contributed by atoms with Gasteiger partial charge in [-0.3, -0.25) is 14.6 Å². The quantitative estimate of drug-likeness (QED) is 0.150. The van der Waals surface area contributed by atoms with E-state index < -0.39 is 12.0 Å². The average molecular weight is 653 g/mol. The molecule has 4 rings (SSSR count). The van der Waals surface area contributed by atoms with Crippen LogP contribution < -0.4 is 10.6 Å². The zero-order valence-corrected chi connectivity index (χ0v) is 27.5. The maximum absolute atomic E-state index is 14.8. The first-order valence-corrected chi connectivity index (χ1v) is 14.4. The van der Waals surface area contributed by atoms with E-state index in [0.717, 1.165) is 30.2 Å². The summed E-state index contributed by atoms with van der Waals surface area (Å²) in [5.41, 5.74) is 6.24. The second-order valence-electron chi connectivity index (χ2n) is 9.87. The van der Waals surface area contributed by atoms with Crippen molar-refractivity contribution in [1.29, 1.82) is 0 Å². The van der Waals surface area contributed by atoms with E-state index in [0.29, 0.717) is 52.3 Å². The molecule has 252 valence electrons. The van der Waals surface area contributed by atoms with E-state index in [1.54, 1.807) is 82.8 Å². The van der Waals surface area contributed by atoms with Gasteiger partial charge in [0.15, 0.2) is 12.5 Å². The zero-order valence-electron chi connectivity index (χ0n) is 27.5. The molecule has 0 spiro atoms. The molecule has 0 radical (unpaired) electrons. The van der Waals surface area contributed by atoms with Crippen molar-refractivity contribution in [3.05, 3.63) is 107 Å². The van der Waals surface area contributed by atoms with E-state index in [-0.39, 0.29) is 18.8 Å². The summed E-state index contributed by atoms with van der Waals surface area (Å²) in [5, 5.41) is 17.2. The zero-order chi connectivity index (χ0) is 35.4. The number of halogens is 2. The lowest BCUT2D eigenvalue weighted by Gasteiger charge is -2.21. The van der Waals surface area contributed by atoms with Gasteiger partial charge in [0, 0.05) is 74.1 Å². The molecule has 2 heterocycles. The van der Waals surface area contributed by atoms with E-state index in [1.807, 2.05) is 0 Å². The Bertz CT molecular complexity index is 1540. The fourth-order valence-electron chi connectivity index (χ4n) is 3.83. The number of benzene rings is 2. The topological polar surface area (TPSA) is 139 Å². The Hall–Kier alpha value is -5.07. The second-order valence-corrected chi connectivity index (χ2v) is 9.87. The highest BCUT2D eigenvalue weighted by molar-refractivity contribution is 5.99. The van der Waals surface area contributed by atoms with Gasteiger partial charge < -0.3 is 30.1 Å². The number of carbonyl (C=O) groups excluding carboxylic acids is 3. The summed E-state index contributed by atoms with van der Waals surface area (Å²) < 4.78 is 30.1. The van der Waals surface area contributed by atoms with Crippen LogP contribution in [0.4, 0.5) is 8.78 Å². The molecule has 1 atom stereocenters. The molecule has 12 heteroatoms. The summed E-state index contributed by atoms with van der Waals surface area (Å²) in [6.07, 6.45) is 2.01. The molecule has 2 aromatic carbocycles. The van der Waals surface area contributed by atoms with Gasteiger partial charge in [-0.05, 0) is 56.2 Å². The van der Waals surface area contributed by atoms with Gasteiger partial charge in [0.05, 0.1) is 11.4 Å². The van der Waals surface area contributed by atoms with Crippen LogP contribution in [0.15, 0.2) is 83.8 Å². The molecule has 1 aliphatic rings. The van der Waals surface area contributed by atoms with Crippen molar-refractivity contribution < 1.29 is 37.8 Å². The molecule has 1 unspecified atom stereocenters. The van der Waals surface area contributed by atoms with Crippen LogP contribution in [0.3, 0.4) is 0 Å². The van der Waals surface area contributed by atoms with Gasteiger partial charge in [0.1, 0.15) is 18.7 Å². The number of nitrogens with zero attached hydrogens (tertiary/aromatic N) is 2. The predicted octanol–water partition coefficient (Wildman–Crippen LogP) is 5.41. The maximum Gasteiger partial charge on any atom is 0.248 e. The number of aromatic nitrogens is 1. The summed E-state index contributed by atoms with van der Waals surface area (Å²) in [4.78, 5) is 41.7. The molecule has 0 fully saturated rings. The Kier molecular flexibility index (Phi) is 18.4. The number of nitrogens with one attached hydrogen (secondary N) is 2. The molecule has 1 aliphatic heterocycles. The maximum atomic E-state index is 14.8. The highest BCUT2D eigenvalue weighted by Crippen LogP contribution is 2.26. The van der Waals surface area contributed by atoms with Gasteiger partial charge in [-0.25, -0.2) is 8.78 Å². The first kappa shape index (κ1) is 40.0. The van der Waals surface area contributed by atoms with Crippen molar-refractivity contribution in [2.24, 2.45) is 5.16 Å². The molecule has 10 nitrogen and oxygen atoms in total. The Morgan fingerprint density at radius 3 is 2.36 bits per heavy atom. The molecular formula is C35H42F2N4O6. The average Bonchev–Trinajstić information content (AvgIpc) is 3.08. The van der Waals surface area contributed by atoms with Crippen molar-refractivity contribution in [2.45, 2.75) is 40.0 Å². The summed E-state index contributed by atoms with van der Waals surface area (Å²) in [6.45, 7) is 9.62. The third-order valence-electron chi connectivity index (χ3n) is 6.26. The highest BCUT2D eigenvalue weighted by Gasteiger charge is 2.17. The number of rotatable bonds is 10. The molecule has 1 amide bonds. The summed E-state index contributed by atoms with van der Waals surface area (Å²) in [5.74, 6) is -0.522. The van der Waals surface area contributed by atoms with Crippen LogP contribution in [0.25, 0.3) is 17.0 Å². The third kappa shape index (κ3) is 13.4. The summed E-state index contributed by atoms with van der Waals surface area (Å²) >= 11 is 0. The van der Waals surface area contributed by atoms with Crippen LogP contribution in [0.1, 0.15) is 54.2 Å². The number of oxime groups is 1. The van der Waals surface area contributed by atoms with Gasteiger partial charge in [-0.15, -0.1) is 0 Å². The number of aliphatic hydroxyl groups is 1. The largest absolute Gasteiger partial charge is 0.400 e. The normalized spacial score (nSPS) is 12.8. The van der Waals surface area contributed by atoms with E-state index in [9.17, 15) is 18.4 Å². The molecule has 0 bridgehead atoms. The number of alkyl halides is 1. The molecule has 0 aliphatic carbocycles. The molecule has 1 aromatic heterocycles. The lowest BCUT2D eigenvalue weighted by atomic mass is 10.0. The summed E-state index contributed by atoms with van der Waals surface area (Å²) in [7, 11) is 4.25. The number of hydrogen-bond donors (Lipinski definition) is 3. The third-order valence-corrected chi connectivity index (χ3v) is 6.26. The lowest BCUT2D eigenvalue weighted by Crippen LogP contribution is -2.34. The van der Waals surface area contributed by atoms with Crippen LogP contribution in [0, 0.1) is 5.82 Å². The monoisotopic (exact) mass is 652 g/mol. The first-order valence-electron chi connectivity index (χ1n) is 14.4. The van der Waals surface area contributed by atoms with E-state index >= 15 is 0 Å². The summed E-state index contributed by atoms with van der Waals surface area (Å²) in [6, 6.07) is 15.2. The van der Waals surface area contributed by atoms with Crippen LogP contribution in [0.2, 0.25) is 0 Å². The Morgan fingerprint density at radius 2 is 1.77 bits per heavy atom. The van der Waals surface area contributed by atoms with Crippen molar-refractivity contribution in [3.8, 4) is 11.3 Å². The second kappa shape index (κ2) is 21.6. The number of pyridine rings is 1. The number of ether oxygens (including phenoxy) is 1. The van der Waals surface area contributed by atoms with Crippen molar-refractivity contribution in [2.75, 3.05) is 27.9 Å². The fraction of sp³-hybridized carbons (Fsp3) is 0.286. The molecule has 3 aromatic rings. The number of methoxy groups -OCH3 is 1. The van der Waals surface area contributed by atoms with E-state index in [4.69, 9.17) is 14.7 Å². The lowest BCUT2D eigenvalue weighted by molar-refractivity contribution is -0.117. The molecular weight excluding hydrogens is 610 g/mol. The first-order chi connectivity index (χ1) is 22.5. The number of aliphatic hydroxyl groups excluding tert-OH is 1. The van der Waals surface area contributed by atoms with Gasteiger partial charge in [-0.1, -0.05) is 42.1 Å². The predicted molar refractivity (Wildman–Crippen MR) is 179 cm³/mol. The van der Waals surface area contributed by atoms with Crippen molar-refractivity contribution in [3.63, 3.8) is 0 Å². The van der Waals surface area contributed by atoms with Crippen LogP contribution in [0.5, 0.6) is 0 Å². The van der Waals surface area contributed by atoms with Crippen LogP contribution >= 0.6 is 0 Å². The van der Waals surface area contributed by atoms with Crippen molar-refractivity contribution in [1.82, 2.24) is 15.6 Å². The highest BCUT2D eigenvalue weighted by atomic mass is 19.1. The Morgan fingerprint density at radius 1 is 1.13 bits per heavy atom. The fourth-order valence-corrected chi connectivity index (χ4v) is 3.83. The van der Waals surface area contributed by atoms with E-state index in [2.05, 4.69) is 32.1 Å². The molecule has 0 saturated carbocycles. The van der Waals surface area contributed by atoms with Gasteiger partial charge >= 0.3 is 0 Å². The smallest absolute Gasteiger partial charge is 0.248 e. The van der Waals surface area contributed by atoms with Gasteiger partial charge in [-0.2, -0.15) is 0 Å². The standard InChI is InChI=1S/C29H27FN4O3.C3H5FO.C2H6O.CH4O/c1-18-27(11-13-32-29(18)36)33-19(2)24-10-12-31-28(15-24)25-14-23(8-9-26(25)30)20(3)34-37-17-22-6-4-21(16-35)5-7-22;1-3(4)2-5;1-3-2;1-2/h4-10,12,14-16,33H,2,11,13,17H2,1,3H3,(H,32,36);2-3H,1H3;1-2H3;2H,1H3/b34-20+;;;. The number of hydrogen-bond acceptors (Lipinski definition) is 9. The number of aldehydes is 2. The number of amides is 1. The van der Waals surface area contributed by atoms with Crippen molar-refractivity contribution >= 4 is 29.9 Å². The van der Waals surface area contributed by atoms with E-state index in [1.165, 1.54) is 13.0 Å². The molecule has 47 heavy (non-hydrogen) atoms. The molecule has 0 saturated heterocycles. The van der Waals surface area contributed by atoms with Crippen LogP contribution in [-0.4, -0.2) is 68.3 Å². The Balaban J connectivity index is 0.000000978. The minimum atomic E-state index is -1.30. The number of carbonyl (C=O) groups is 3. The minimum Gasteiger partial charge on any atom is -0.400 e. The van der Waals surface area contributed by atoms with Gasteiger partial charge in [0.2, 0.25) is 5.91 Å².